The number of carbonyl (C=O) groups is 1. The predicted octanol–water partition coefficient (Wildman–Crippen LogP) is 2.25. The Kier molecular flexibility index (Phi) is 4.16. The molecule has 1 aromatic heterocycles. The first-order valence-electron chi connectivity index (χ1n) is 8.26. The van der Waals surface area contributed by atoms with Crippen molar-refractivity contribution in [3.05, 3.63) is 72.1 Å². The molecule has 0 spiro atoms. The van der Waals surface area contributed by atoms with Gasteiger partial charge in [0.2, 0.25) is 0 Å². The van der Waals surface area contributed by atoms with Crippen LogP contribution < -0.4 is 10.1 Å². The van der Waals surface area contributed by atoms with Gasteiger partial charge in [0, 0.05) is 12.5 Å². The zero-order valence-electron chi connectivity index (χ0n) is 13.6. The highest BCUT2D eigenvalue weighted by molar-refractivity contribution is 5.91. The van der Waals surface area contributed by atoms with Crippen molar-refractivity contribution < 1.29 is 9.53 Å². The molecule has 0 saturated heterocycles. The van der Waals surface area contributed by atoms with E-state index in [1.54, 1.807) is 0 Å². The third-order valence-corrected chi connectivity index (χ3v) is 4.22. The molecule has 1 N–H and O–H groups in total. The molecule has 3 aromatic rings. The number of rotatable bonds is 4. The second-order valence-electron chi connectivity index (χ2n) is 6.05. The first kappa shape index (κ1) is 15.4. The van der Waals surface area contributed by atoms with Crippen LogP contribution in [0.1, 0.15) is 16.1 Å². The van der Waals surface area contributed by atoms with Crippen LogP contribution in [0.3, 0.4) is 0 Å². The summed E-state index contributed by atoms with van der Waals surface area (Å²) in [6.45, 7) is 1.15. The van der Waals surface area contributed by atoms with Crippen molar-refractivity contribution in [2.45, 2.75) is 6.42 Å². The van der Waals surface area contributed by atoms with Gasteiger partial charge in [-0.25, -0.2) is 0 Å². The standard InChI is InChI=1S/C19H18N4O2/c24-19(17-12-21-23(22-17)16-7-2-1-3-8-16)20-11-14-10-15-6-4-5-9-18(15)25-13-14/h1-9,12,14H,10-11,13H2,(H,20,24). The number of hydrogen-bond donors (Lipinski definition) is 1. The molecule has 2 aromatic carbocycles. The number of benzene rings is 2. The van der Waals surface area contributed by atoms with Crippen molar-refractivity contribution in [2.24, 2.45) is 5.92 Å². The Balaban J connectivity index is 1.36. The van der Waals surface area contributed by atoms with E-state index in [0.717, 1.165) is 17.9 Å². The molecule has 0 fully saturated rings. The van der Waals surface area contributed by atoms with E-state index >= 15 is 0 Å². The molecule has 126 valence electrons. The fourth-order valence-electron chi connectivity index (χ4n) is 2.90. The lowest BCUT2D eigenvalue weighted by atomic mass is 9.97. The number of aromatic nitrogens is 3. The average molecular weight is 334 g/mol. The molecule has 0 aliphatic carbocycles. The summed E-state index contributed by atoms with van der Waals surface area (Å²) in [5, 5.41) is 11.3. The molecule has 1 unspecified atom stereocenters. The minimum atomic E-state index is -0.221. The topological polar surface area (TPSA) is 69.0 Å². The van der Waals surface area contributed by atoms with Crippen molar-refractivity contribution in [1.82, 2.24) is 20.3 Å². The maximum atomic E-state index is 12.3. The normalized spacial score (nSPS) is 15.9. The van der Waals surface area contributed by atoms with E-state index < -0.39 is 0 Å². The Labute approximate surface area is 145 Å². The molecule has 6 heteroatoms. The van der Waals surface area contributed by atoms with Gasteiger partial charge in [-0.1, -0.05) is 36.4 Å². The number of para-hydroxylation sites is 2. The third-order valence-electron chi connectivity index (χ3n) is 4.22. The van der Waals surface area contributed by atoms with Crippen LogP contribution in [-0.2, 0) is 6.42 Å². The van der Waals surface area contributed by atoms with Gasteiger partial charge in [0.1, 0.15) is 5.75 Å². The van der Waals surface area contributed by atoms with Crippen molar-refractivity contribution in [3.63, 3.8) is 0 Å². The summed E-state index contributed by atoms with van der Waals surface area (Å²) in [6.07, 6.45) is 2.38. The van der Waals surface area contributed by atoms with Crippen LogP contribution in [0.5, 0.6) is 5.75 Å². The molecular weight excluding hydrogens is 316 g/mol. The van der Waals surface area contributed by atoms with Gasteiger partial charge in [-0.15, -0.1) is 5.10 Å². The highest BCUT2D eigenvalue weighted by atomic mass is 16.5. The molecule has 2 heterocycles. The van der Waals surface area contributed by atoms with Gasteiger partial charge in [-0.3, -0.25) is 4.79 Å². The smallest absolute Gasteiger partial charge is 0.273 e. The van der Waals surface area contributed by atoms with Gasteiger partial charge in [0.15, 0.2) is 5.69 Å². The Morgan fingerprint density at radius 3 is 2.84 bits per heavy atom. The molecular formula is C19H18N4O2. The summed E-state index contributed by atoms with van der Waals surface area (Å²) < 4.78 is 5.75. The van der Waals surface area contributed by atoms with E-state index in [9.17, 15) is 4.79 Å². The lowest BCUT2D eigenvalue weighted by molar-refractivity contribution is 0.0933. The summed E-state index contributed by atoms with van der Waals surface area (Å²) >= 11 is 0. The maximum Gasteiger partial charge on any atom is 0.273 e. The van der Waals surface area contributed by atoms with E-state index in [4.69, 9.17) is 4.74 Å². The summed E-state index contributed by atoms with van der Waals surface area (Å²) in [6, 6.07) is 17.5. The van der Waals surface area contributed by atoms with Gasteiger partial charge in [-0.05, 0) is 30.2 Å². The van der Waals surface area contributed by atoms with Crippen molar-refractivity contribution in [3.8, 4) is 11.4 Å². The van der Waals surface area contributed by atoms with E-state index in [0.29, 0.717) is 18.8 Å². The molecule has 25 heavy (non-hydrogen) atoms. The Morgan fingerprint density at radius 1 is 1.16 bits per heavy atom. The second-order valence-corrected chi connectivity index (χ2v) is 6.05. The monoisotopic (exact) mass is 334 g/mol. The molecule has 1 atom stereocenters. The van der Waals surface area contributed by atoms with E-state index in [1.165, 1.54) is 16.6 Å². The number of fused-ring (bicyclic) bond motifs is 1. The maximum absolute atomic E-state index is 12.3. The lowest BCUT2D eigenvalue weighted by Gasteiger charge is -2.25. The van der Waals surface area contributed by atoms with Gasteiger partial charge in [-0.2, -0.15) is 9.90 Å². The fraction of sp³-hybridized carbons (Fsp3) is 0.211. The van der Waals surface area contributed by atoms with Crippen LogP contribution in [0.25, 0.3) is 5.69 Å². The van der Waals surface area contributed by atoms with E-state index in [-0.39, 0.29) is 11.8 Å². The summed E-state index contributed by atoms with van der Waals surface area (Å²) in [4.78, 5) is 13.8. The van der Waals surface area contributed by atoms with Crippen molar-refractivity contribution in [1.29, 1.82) is 0 Å². The van der Waals surface area contributed by atoms with Crippen LogP contribution in [0.2, 0.25) is 0 Å². The van der Waals surface area contributed by atoms with Crippen LogP contribution >= 0.6 is 0 Å². The van der Waals surface area contributed by atoms with Gasteiger partial charge in [0.25, 0.3) is 5.91 Å². The fourth-order valence-corrected chi connectivity index (χ4v) is 2.90. The molecule has 6 nitrogen and oxygen atoms in total. The number of hydrogen-bond acceptors (Lipinski definition) is 4. The zero-order valence-corrected chi connectivity index (χ0v) is 13.6. The van der Waals surface area contributed by atoms with E-state index in [2.05, 4.69) is 21.6 Å². The molecule has 1 aliphatic rings. The average Bonchev–Trinajstić information content (AvgIpc) is 3.17. The van der Waals surface area contributed by atoms with Crippen LogP contribution in [0.4, 0.5) is 0 Å². The predicted molar refractivity (Wildman–Crippen MR) is 92.8 cm³/mol. The first-order valence-corrected chi connectivity index (χ1v) is 8.26. The number of carbonyl (C=O) groups excluding carboxylic acids is 1. The largest absolute Gasteiger partial charge is 0.493 e. The molecule has 0 bridgehead atoms. The lowest BCUT2D eigenvalue weighted by Crippen LogP contribution is -2.35. The molecule has 0 saturated carbocycles. The highest BCUT2D eigenvalue weighted by Gasteiger charge is 2.21. The van der Waals surface area contributed by atoms with Crippen LogP contribution in [0.15, 0.2) is 60.8 Å². The summed E-state index contributed by atoms with van der Waals surface area (Å²) in [7, 11) is 0. The third kappa shape index (κ3) is 3.38. The van der Waals surface area contributed by atoms with Gasteiger partial charge >= 0.3 is 0 Å². The van der Waals surface area contributed by atoms with E-state index in [1.807, 2.05) is 48.5 Å². The van der Waals surface area contributed by atoms with Crippen LogP contribution in [0, 0.1) is 5.92 Å². The minimum absolute atomic E-state index is 0.221. The van der Waals surface area contributed by atoms with Gasteiger partial charge in [0.05, 0.1) is 18.5 Å². The van der Waals surface area contributed by atoms with Crippen molar-refractivity contribution >= 4 is 5.91 Å². The summed E-state index contributed by atoms with van der Waals surface area (Å²) in [5.41, 5.74) is 2.31. The van der Waals surface area contributed by atoms with Crippen molar-refractivity contribution in [2.75, 3.05) is 13.2 Å². The number of nitrogens with one attached hydrogen (secondary N) is 1. The van der Waals surface area contributed by atoms with Crippen LogP contribution in [-0.4, -0.2) is 34.1 Å². The summed E-state index contributed by atoms with van der Waals surface area (Å²) in [5.74, 6) is 0.972. The number of amides is 1. The molecule has 0 radical (unpaired) electrons. The Morgan fingerprint density at radius 2 is 1.96 bits per heavy atom. The number of nitrogens with zero attached hydrogens (tertiary/aromatic N) is 3. The number of ether oxygens (including phenoxy) is 1. The SMILES string of the molecule is O=C(NCC1COc2ccccc2C1)c1cnn(-c2ccccc2)n1. The highest BCUT2D eigenvalue weighted by Crippen LogP contribution is 2.26. The quantitative estimate of drug-likeness (QED) is 0.794. The van der Waals surface area contributed by atoms with Gasteiger partial charge < -0.3 is 10.1 Å². The Hall–Kier alpha value is -3.15. The molecule has 1 amide bonds. The first-order chi connectivity index (χ1) is 12.3. The molecule has 4 rings (SSSR count). The minimum Gasteiger partial charge on any atom is -0.493 e. The molecule has 1 aliphatic heterocycles. The zero-order chi connectivity index (χ0) is 17.1. The Bertz CT molecular complexity index is 876. The second kappa shape index (κ2) is 6.76.